The molecule has 0 unspecified atom stereocenters. The smallest absolute Gasteiger partial charge is 0.168 e. The van der Waals surface area contributed by atoms with Crippen molar-refractivity contribution in [2.24, 2.45) is 0 Å². The largest absolute Gasteiger partial charge is 0.496 e. The number of methoxy groups -OCH3 is 2. The van der Waals surface area contributed by atoms with Gasteiger partial charge < -0.3 is 24.1 Å². The van der Waals surface area contributed by atoms with Gasteiger partial charge in [-0.2, -0.15) is 0 Å². The molecule has 5 heteroatoms. The number of fused-ring (bicyclic) bond motifs is 1. The maximum Gasteiger partial charge on any atom is 0.168 e. The Morgan fingerprint density at radius 2 is 1.56 bits per heavy atom. The van der Waals surface area contributed by atoms with Gasteiger partial charge in [-0.1, -0.05) is 24.3 Å². The zero-order valence-corrected chi connectivity index (χ0v) is 14.7. The van der Waals surface area contributed by atoms with Crippen LogP contribution in [0.25, 0.3) is 10.8 Å². The molecule has 1 saturated heterocycles. The fraction of sp³-hybridized carbons (Fsp3) is 0.500. The van der Waals surface area contributed by atoms with Crippen molar-refractivity contribution in [2.75, 3.05) is 27.4 Å². The molecule has 5 nitrogen and oxygen atoms in total. The van der Waals surface area contributed by atoms with Crippen molar-refractivity contribution in [1.29, 1.82) is 0 Å². The molecule has 2 aliphatic rings. The van der Waals surface area contributed by atoms with Crippen molar-refractivity contribution in [1.82, 2.24) is 0 Å². The summed E-state index contributed by atoms with van der Waals surface area (Å²) >= 11 is 0. The van der Waals surface area contributed by atoms with E-state index in [1.54, 1.807) is 14.2 Å². The normalized spacial score (nSPS) is 21.6. The van der Waals surface area contributed by atoms with Gasteiger partial charge in [0.2, 0.25) is 0 Å². The minimum absolute atomic E-state index is 0.513. The van der Waals surface area contributed by atoms with Gasteiger partial charge in [0.05, 0.1) is 33.0 Å². The molecule has 2 aromatic carbocycles. The van der Waals surface area contributed by atoms with Crippen LogP contribution in [0.1, 0.15) is 31.2 Å². The maximum absolute atomic E-state index is 11.4. The standard InChI is InChI=1S/C20H24O5/c1-22-17-13-16(18(23-2)15-6-4-3-5-14(15)17)19(21)7-9-20(10-8-19)24-11-12-25-20/h3-6,13,21H,7-12H2,1-2H3. The van der Waals surface area contributed by atoms with Crippen molar-refractivity contribution >= 4 is 10.8 Å². The maximum atomic E-state index is 11.4. The Balaban J connectivity index is 1.78. The highest BCUT2D eigenvalue weighted by molar-refractivity contribution is 5.94. The third-order valence-corrected chi connectivity index (χ3v) is 5.54. The van der Waals surface area contributed by atoms with E-state index in [1.807, 2.05) is 30.3 Å². The average Bonchev–Trinajstić information content (AvgIpc) is 3.11. The third-order valence-electron chi connectivity index (χ3n) is 5.54. The first-order chi connectivity index (χ1) is 12.1. The quantitative estimate of drug-likeness (QED) is 0.925. The fourth-order valence-corrected chi connectivity index (χ4v) is 4.15. The van der Waals surface area contributed by atoms with Gasteiger partial charge >= 0.3 is 0 Å². The summed E-state index contributed by atoms with van der Waals surface area (Å²) in [6.07, 6.45) is 2.46. The van der Waals surface area contributed by atoms with Gasteiger partial charge in [-0.05, 0) is 18.9 Å². The number of rotatable bonds is 3. The molecule has 1 saturated carbocycles. The van der Waals surface area contributed by atoms with Gasteiger partial charge in [-0.15, -0.1) is 0 Å². The van der Waals surface area contributed by atoms with Crippen molar-refractivity contribution in [3.8, 4) is 11.5 Å². The van der Waals surface area contributed by atoms with Crippen LogP contribution in [-0.2, 0) is 15.1 Å². The molecule has 0 amide bonds. The summed E-state index contributed by atoms with van der Waals surface area (Å²) in [5.74, 6) is 0.942. The Morgan fingerprint density at radius 3 is 2.16 bits per heavy atom. The molecular weight excluding hydrogens is 320 g/mol. The van der Waals surface area contributed by atoms with E-state index in [9.17, 15) is 5.11 Å². The Hall–Kier alpha value is -1.82. The highest BCUT2D eigenvalue weighted by Crippen LogP contribution is 2.50. The highest BCUT2D eigenvalue weighted by atomic mass is 16.7. The summed E-state index contributed by atoms with van der Waals surface area (Å²) in [5, 5.41) is 13.4. The van der Waals surface area contributed by atoms with Crippen LogP contribution in [0.3, 0.4) is 0 Å². The highest BCUT2D eigenvalue weighted by Gasteiger charge is 2.47. The molecule has 0 atom stereocenters. The molecule has 1 heterocycles. The van der Waals surface area contributed by atoms with E-state index < -0.39 is 11.4 Å². The van der Waals surface area contributed by atoms with Crippen LogP contribution in [0, 0.1) is 0 Å². The van der Waals surface area contributed by atoms with Crippen molar-refractivity contribution in [2.45, 2.75) is 37.1 Å². The summed E-state index contributed by atoms with van der Waals surface area (Å²) in [5.41, 5.74) is -0.207. The van der Waals surface area contributed by atoms with Gasteiger partial charge in [0.15, 0.2) is 5.79 Å². The Morgan fingerprint density at radius 1 is 0.920 bits per heavy atom. The molecule has 2 fully saturated rings. The lowest BCUT2D eigenvalue weighted by molar-refractivity contribution is -0.204. The molecule has 2 aromatic rings. The minimum atomic E-state index is -0.983. The van der Waals surface area contributed by atoms with E-state index in [0.29, 0.717) is 44.6 Å². The molecule has 4 rings (SSSR count). The van der Waals surface area contributed by atoms with E-state index in [4.69, 9.17) is 18.9 Å². The molecule has 1 aliphatic carbocycles. The number of hydrogen-bond acceptors (Lipinski definition) is 5. The number of benzene rings is 2. The molecule has 1 aliphatic heterocycles. The second-order valence-electron chi connectivity index (χ2n) is 6.84. The van der Waals surface area contributed by atoms with Gasteiger partial charge in [-0.3, -0.25) is 0 Å². The van der Waals surface area contributed by atoms with Crippen LogP contribution < -0.4 is 9.47 Å². The van der Waals surface area contributed by atoms with Crippen molar-refractivity contribution in [3.05, 3.63) is 35.9 Å². The Labute approximate surface area is 147 Å². The second kappa shape index (κ2) is 6.16. The van der Waals surface area contributed by atoms with Gasteiger partial charge in [-0.25, -0.2) is 0 Å². The summed E-state index contributed by atoms with van der Waals surface area (Å²) in [4.78, 5) is 0. The zero-order valence-electron chi connectivity index (χ0n) is 14.7. The molecule has 0 radical (unpaired) electrons. The van der Waals surface area contributed by atoms with E-state index in [1.165, 1.54) is 0 Å². The summed E-state index contributed by atoms with van der Waals surface area (Å²) in [6, 6.07) is 9.85. The molecule has 25 heavy (non-hydrogen) atoms. The lowest BCUT2D eigenvalue weighted by Gasteiger charge is -2.41. The predicted molar refractivity (Wildman–Crippen MR) is 94.1 cm³/mol. The zero-order chi connectivity index (χ0) is 17.5. The third kappa shape index (κ3) is 2.67. The van der Waals surface area contributed by atoms with Crippen LogP contribution in [0.5, 0.6) is 11.5 Å². The van der Waals surface area contributed by atoms with Crippen LogP contribution in [0.15, 0.2) is 30.3 Å². The topological polar surface area (TPSA) is 57.2 Å². The van der Waals surface area contributed by atoms with Crippen molar-refractivity contribution < 1.29 is 24.1 Å². The predicted octanol–water partition coefficient (Wildman–Crippen LogP) is 3.36. The lowest BCUT2D eigenvalue weighted by atomic mass is 9.76. The molecular formula is C20H24O5. The molecule has 134 valence electrons. The van der Waals surface area contributed by atoms with Crippen LogP contribution in [0.2, 0.25) is 0 Å². The Kier molecular flexibility index (Phi) is 4.10. The van der Waals surface area contributed by atoms with Gasteiger partial charge in [0.1, 0.15) is 11.5 Å². The number of ether oxygens (including phenoxy) is 4. The number of hydrogen-bond donors (Lipinski definition) is 1. The number of aliphatic hydroxyl groups is 1. The van der Waals surface area contributed by atoms with Crippen LogP contribution >= 0.6 is 0 Å². The average molecular weight is 344 g/mol. The SMILES string of the molecule is COc1cc(C2(O)CCC3(CC2)OCCO3)c(OC)c2ccccc12. The van der Waals surface area contributed by atoms with Gasteiger partial charge in [0.25, 0.3) is 0 Å². The molecule has 0 aromatic heterocycles. The molecule has 1 spiro atoms. The van der Waals surface area contributed by atoms with Crippen LogP contribution in [0.4, 0.5) is 0 Å². The summed E-state index contributed by atoms with van der Waals surface area (Å²) < 4.78 is 22.9. The van der Waals surface area contributed by atoms with Crippen LogP contribution in [-0.4, -0.2) is 38.3 Å². The lowest BCUT2D eigenvalue weighted by Crippen LogP contribution is -2.42. The van der Waals surface area contributed by atoms with E-state index in [0.717, 1.165) is 22.1 Å². The Bertz CT molecular complexity index is 769. The first kappa shape index (κ1) is 16.6. The van der Waals surface area contributed by atoms with Crippen molar-refractivity contribution in [3.63, 3.8) is 0 Å². The summed E-state index contributed by atoms with van der Waals surface area (Å²) in [6.45, 7) is 1.26. The van der Waals surface area contributed by atoms with E-state index in [2.05, 4.69) is 0 Å². The first-order valence-corrected chi connectivity index (χ1v) is 8.75. The minimum Gasteiger partial charge on any atom is -0.496 e. The summed E-state index contributed by atoms with van der Waals surface area (Å²) in [7, 11) is 3.30. The van der Waals surface area contributed by atoms with E-state index in [-0.39, 0.29) is 0 Å². The molecule has 1 N–H and O–H groups in total. The van der Waals surface area contributed by atoms with Gasteiger partial charge in [0, 0.05) is 29.2 Å². The van der Waals surface area contributed by atoms with E-state index >= 15 is 0 Å². The monoisotopic (exact) mass is 344 g/mol. The second-order valence-corrected chi connectivity index (χ2v) is 6.84. The fourth-order valence-electron chi connectivity index (χ4n) is 4.15. The molecule has 0 bridgehead atoms. The first-order valence-electron chi connectivity index (χ1n) is 8.75.